The number of nitrogens with zero attached hydrogens (tertiary/aromatic N) is 3. The predicted octanol–water partition coefficient (Wildman–Crippen LogP) is 4.03. The first kappa shape index (κ1) is 20.8. The fraction of sp³-hybridized carbons (Fsp3) is 0.455. The zero-order valence-electron chi connectivity index (χ0n) is 17.1. The summed E-state index contributed by atoms with van der Waals surface area (Å²) in [4.78, 5) is 24.9. The van der Waals surface area contributed by atoms with Crippen molar-refractivity contribution in [1.29, 1.82) is 0 Å². The molecular formula is C22H27N3O4. The third kappa shape index (κ3) is 5.76. The van der Waals surface area contributed by atoms with E-state index in [0.717, 1.165) is 30.5 Å². The molecule has 1 aromatic carbocycles. The zero-order valence-corrected chi connectivity index (χ0v) is 17.1. The molecule has 1 aromatic heterocycles. The molecule has 7 heteroatoms. The number of aromatic nitrogens is 2. The number of hydrogen-bond acceptors (Lipinski definition) is 5. The van der Waals surface area contributed by atoms with Crippen LogP contribution in [0.1, 0.15) is 49.7 Å². The molecule has 0 unspecified atom stereocenters. The monoisotopic (exact) mass is 397 g/mol. The number of ether oxygens (including phenoxy) is 1. The van der Waals surface area contributed by atoms with Crippen molar-refractivity contribution in [3.05, 3.63) is 47.7 Å². The van der Waals surface area contributed by atoms with Gasteiger partial charge in [0, 0.05) is 18.7 Å². The van der Waals surface area contributed by atoms with Gasteiger partial charge in [-0.25, -0.2) is 9.59 Å². The third-order valence-corrected chi connectivity index (χ3v) is 4.91. The van der Waals surface area contributed by atoms with Gasteiger partial charge in [0.25, 0.3) is 0 Å². The van der Waals surface area contributed by atoms with Crippen molar-refractivity contribution in [3.63, 3.8) is 0 Å². The Bertz CT molecular complexity index is 849. The largest absolute Gasteiger partial charge is 0.478 e. The number of benzene rings is 1. The lowest BCUT2D eigenvalue weighted by Crippen LogP contribution is -2.42. The van der Waals surface area contributed by atoms with Crippen LogP contribution < -0.4 is 0 Å². The second kappa shape index (κ2) is 8.59. The van der Waals surface area contributed by atoms with Gasteiger partial charge in [-0.2, -0.15) is 10.2 Å². The van der Waals surface area contributed by atoms with Gasteiger partial charge in [-0.05, 0) is 70.2 Å². The molecular weight excluding hydrogens is 370 g/mol. The average molecular weight is 397 g/mol. The number of rotatable bonds is 4. The van der Waals surface area contributed by atoms with Crippen molar-refractivity contribution in [1.82, 2.24) is 15.1 Å². The summed E-state index contributed by atoms with van der Waals surface area (Å²) < 4.78 is 5.44. The van der Waals surface area contributed by atoms with E-state index in [1.807, 2.05) is 32.9 Å². The van der Waals surface area contributed by atoms with Gasteiger partial charge in [0.1, 0.15) is 5.60 Å². The first-order valence-corrected chi connectivity index (χ1v) is 9.85. The Labute approximate surface area is 170 Å². The van der Waals surface area contributed by atoms with Crippen LogP contribution in [0.3, 0.4) is 0 Å². The number of piperidine rings is 1. The molecule has 0 aliphatic carbocycles. The second-order valence-electron chi connectivity index (χ2n) is 8.41. The molecule has 1 aliphatic heterocycles. The van der Waals surface area contributed by atoms with Gasteiger partial charge >= 0.3 is 12.1 Å². The molecule has 7 nitrogen and oxygen atoms in total. The summed E-state index contributed by atoms with van der Waals surface area (Å²) in [6.45, 7) is 7.02. The van der Waals surface area contributed by atoms with Crippen LogP contribution in [0, 0.1) is 5.92 Å². The highest BCUT2D eigenvalue weighted by Gasteiger charge is 2.27. The molecule has 1 amide bonds. The summed E-state index contributed by atoms with van der Waals surface area (Å²) in [7, 11) is 0. The first-order chi connectivity index (χ1) is 13.7. The topological polar surface area (TPSA) is 92.6 Å². The summed E-state index contributed by atoms with van der Waals surface area (Å²) in [5, 5.41) is 17.6. The van der Waals surface area contributed by atoms with E-state index in [-0.39, 0.29) is 11.7 Å². The normalized spacial score (nSPS) is 15.2. The third-order valence-electron chi connectivity index (χ3n) is 4.91. The maximum absolute atomic E-state index is 12.2. The molecule has 29 heavy (non-hydrogen) atoms. The molecule has 0 bridgehead atoms. The number of carboxylic acids is 1. The number of carbonyl (C=O) groups excluding carboxylic acids is 1. The van der Waals surface area contributed by atoms with Crippen molar-refractivity contribution < 1.29 is 19.4 Å². The van der Waals surface area contributed by atoms with Gasteiger partial charge in [-0.1, -0.05) is 12.1 Å². The van der Waals surface area contributed by atoms with Crippen LogP contribution in [0.5, 0.6) is 0 Å². The molecule has 2 heterocycles. The Hall–Kier alpha value is -2.96. The van der Waals surface area contributed by atoms with E-state index in [0.29, 0.717) is 24.7 Å². The molecule has 154 valence electrons. The molecule has 0 spiro atoms. The summed E-state index contributed by atoms with van der Waals surface area (Å²) in [5.41, 5.74) is 2.24. The number of carbonyl (C=O) groups is 2. The molecule has 2 aromatic rings. The van der Waals surface area contributed by atoms with Gasteiger partial charge in [0.05, 0.1) is 17.0 Å². The van der Waals surface area contributed by atoms with Crippen LogP contribution >= 0.6 is 0 Å². The van der Waals surface area contributed by atoms with Crippen LogP contribution in [-0.2, 0) is 11.2 Å². The molecule has 1 saturated heterocycles. The lowest BCUT2D eigenvalue weighted by molar-refractivity contribution is 0.0183. The van der Waals surface area contributed by atoms with E-state index in [4.69, 9.17) is 9.84 Å². The fourth-order valence-electron chi connectivity index (χ4n) is 3.35. The van der Waals surface area contributed by atoms with Gasteiger partial charge in [-0.15, -0.1) is 0 Å². The van der Waals surface area contributed by atoms with Crippen molar-refractivity contribution in [2.24, 2.45) is 5.92 Å². The highest BCUT2D eigenvalue weighted by molar-refractivity contribution is 5.88. The summed E-state index contributed by atoms with van der Waals surface area (Å²) >= 11 is 0. The van der Waals surface area contributed by atoms with E-state index in [9.17, 15) is 9.59 Å². The molecule has 1 aliphatic rings. The number of amides is 1. The Morgan fingerprint density at radius 3 is 2.24 bits per heavy atom. The highest BCUT2D eigenvalue weighted by atomic mass is 16.6. The van der Waals surface area contributed by atoms with E-state index in [2.05, 4.69) is 10.2 Å². The van der Waals surface area contributed by atoms with Crippen molar-refractivity contribution in [2.75, 3.05) is 13.1 Å². The molecule has 1 N–H and O–H groups in total. The van der Waals surface area contributed by atoms with Gasteiger partial charge in [0.15, 0.2) is 0 Å². The Kier molecular flexibility index (Phi) is 6.15. The summed E-state index contributed by atoms with van der Waals surface area (Å²) in [6, 6.07) is 10.5. The van der Waals surface area contributed by atoms with E-state index >= 15 is 0 Å². The number of hydrogen-bond donors (Lipinski definition) is 1. The number of likely N-dealkylation sites (tertiary alicyclic amines) is 1. The van der Waals surface area contributed by atoms with Crippen LogP contribution in [0.25, 0.3) is 11.3 Å². The van der Waals surface area contributed by atoms with Crippen LogP contribution in [-0.4, -0.2) is 51.0 Å². The van der Waals surface area contributed by atoms with Crippen molar-refractivity contribution >= 4 is 12.1 Å². The van der Waals surface area contributed by atoms with E-state index < -0.39 is 11.6 Å². The van der Waals surface area contributed by atoms with Gasteiger partial charge < -0.3 is 14.7 Å². The predicted molar refractivity (Wildman–Crippen MR) is 109 cm³/mol. The van der Waals surface area contributed by atoms with Crippen LogP contribution in [0.4, 0.5) is 4.79 Å². The van der Waals surface area contributed by atoms with Crippen LogP contribution in [0.2, 0.25) is 0 Å². The SMILES string of the molecule is CC(C)(C)OC(=O)N1CCC(Cc2ccc(-c3ccc(C(=O)O)cc3)nn2)CC1. The zero-order chi connectivity index (χ0) is 21.0. The number of carboxylic acid groups (broad SMARTS) is 1. The van der Waals surface area contributed by atoms with Crippen LogP contribution in [0.15, 0.2) is 36.4 Å². The molecule has 0 radical (unpaired) electrons. The van der Waals surface area contributed by atoms with Crippen molar-refractivity contribution in [3.8, 4) is 11.3 Å². The van der Waals surface area contributed by atoms with Gasteiger partial charge in [-0.3, -0.25) is 0 Å². The van der Waals surface area contributed by atoms with E-state index in [1.165, 1.54) is 0 Å². The van der Waals surface area contributed by atoms with E-state index in [1.54, 1.807) is 29.2 Å². The summed E-state index contributed by atoms with van der Waals surface area (Å²) in [5.74, 6) is -0.487. The quantitative estimate of drug-likeness (QED) is 0.837. The van der Waals surface area contributed by atoms with Gasteiger partial charge in [0.2, 0.25) is 0 Å². The standard InChI is InChI=1S/C22H27N3O4/c1-22(2,3)29-21(28)25-12-10-15(11-13-25)14-18-8-9-19(24-23-18)16-4-6-17(7-5-16)20(26)27/h4-9,15H,10-14H2,1-3H3,(H,26,27). The minimum Gasteiger partial charge on any atom is -0.478 e. The minimum absolute atomic E-state index is 0.242. The molecule has 1 fully saturated rings. The maximum Gasteiger partial charge on any atom is 0.410 e. The number of aromatic carboxylic acids is 1. The van der Waals surface area contributed by atoms with Crippen molar-refractivity contribution in [2.45, 2.75) is 45.6 Å². The Balaban J connectivity index is 1.53. The summed E-state index contributed by atoms with van der Waals surface area (Å²) in [6.07, 6.45) is 2.42. The maximum atomic E-state index is 12.2. The lowest BCUT2D eigenvalue weighted by atomic mass is 9.92. The smallest absolute Gasteiger partial charge is 0.410 e. The first-order valence-electron chi connectivity index (χ1n) is 9.85. The molecule has 3 rings (SSSR count). The Morgan fingerprint density at radius 2 is 1.72 bits per heavy atom. The fourth-order valence-corrected chi connectivity index (χ4v) is 3.35. The Morgan fingerprint density at radius 1 is 1.07 bits per heavy atom. The average Bonchev–Trinajstić information content (AvgIpc) is 2.68. The minimum atomic E-state index is -0.948. The lowest BCUT2D eigenvalue weighted by Gasteiger charge is -2.33. The highest BCUT2D eigenvalue weighted by Crippen LogP contribution is 2.23. The molecule has 0 saturated carbocycles. The molecule has 0 atom stereocenters. The second-order valence-corrected chi connectivity index (χ2v) is 8.41.